The molecular weight excluding hydrogens is 409 g/mol. The van der Waals surface area contributed by atoms with Gasteiger partial charge >= 0.3 is 0 Å². The Morgan fingerprint density at radius 1 is 1.31 bits per heavy atom. The Kier molecular flexibility index (Phi) is 6.08. The number of ether oxygens (including phenoxy) is 1. The molecular formula is C24H24FN5O2. The van der Waals surface area contributed by atoms with Crippen LogP contribution in [-0.4, -0.2) is 22.8 Å². The lowest BCUT2D eigenvalue weighted by Crippen LogP contribution is -2.23. The van der Waals surface area contributed by atoms with E-state index in [9.17, 15) is 10.1 Å². The van der Waals surface area contributed by atoms with Crippen LogP contribution in [0.2, 0.25) is 0 Å². The van der Waals surface area contributed by atoms with Crippen molar-refractivity contribution >= 4 is 11.7 Å². The van der Waals surface area contributed by atoms with E-state index in [1.807, 2.05) is 0 Å². The molecule has 0 saturated heterocycles. The van der Waals surface area contributed by atoms with Crippen LogP contribution >= 0.6 is 0 Å². The molecule has 32 heavy (non-hydrogen) atoms. The highest BCUT2D eigenvalue weighted by molar-refractivity contribution is 5.96. The highest BCUT2D eigenvalue weighted by Gasteiger charge is 2.26. The topological polar surface area (TPSA) is 106 Å². The van der Waals surface area contributed by atoms with Gasteiger partial charge in [-0.05, 0) is 42.7 Å². The summed E-state index contributed by atoms with van der Waals surface area (Å²) in [5, 5.41) is 16.9. The lowest BCUT2D eigenvalue weighted by molar-refractivity contribution is 0.0948. The number of benzene rings is 2. The average molecular weight is 433 g/mol. The third-order valence-electron chi connectivity index (χ3n) is 5.82. The van der Waals surface area contributed by atoms with Crippen LogP contribution in [0.25, 0.3) is 11.3 Å². The third kappa shape index (κ3) is 4.02. The molecule has 1 heterocycles. The number of hydrogen-bond acceptors (Lipinski definition) is 5. The molecule has 4 rings (SSSR count). The Labute approximate surface area is 185 Å². The van der Waals surface area contributed by atoms with Gasteiger partial charge in [-0.3, -0.25) is 4.79 Å². The molecule has 3 N–H and O–H groups in total. The zero-order chi connectivity index (χ0) is 22.7. The molecule has 0 atom stereocenters. The van der Waals surface area contributed by atoms with Crippen molar-refractivity contribution in [1.82, 2.24) is 15.1 Å². The van der Waals surface area contributed by atoms with Crippen molar-refractivity contribution in [3.05, 3.63) is 65.0 Å². The lowest BCUT2D eigenvalue weighted by atomic mass is 10.0. The van der Waals surface area contributed by atoms with E-state index in [-0.39, 0.29) is 41.1 Å². The van der Waals surface area contributed by atoms with Crippen LogP contribution < -0.4 is 15.8 Å². The van der Waals surface area contributed by atoms with Gasteiger partial charge in [0.1, 0.15) is 34.7 Å². The molecule has 164 valence electrons. The number of nitrogens with two attached hydrogens (primary N) is 1. The van der Waals surface area contributed by atoms with Crippen molar-refractivity contribution in [1.29, 1.82) is 5.26 Å². The maximum atomic E-state index is 15.0. The summed E-state index contributed by atoms with van der Waals surface area (Å²) in [5.41, 5.74) is 7.80. The number of para-hydroxylation sites is 1. The first-order chi connectivity index (χ1) is 15.5. The quantitative estimate of drug-likeness (QED) is 0.606. The average Bonchev–Trinajstić information content (AvgIpc) is 3.45. The number of halogens is 1. The summed E-state index contributed by atoms with van der Waals surface area (Å²) in [6.45, 7) is 0.137. The van der Waals surface area contributed by atoms with Crippen molar-refractivity contribution in [2.24, 2.45) is 0 Å². The summed E-state index contributed by atoms with van der Waals surface area (Å²) >= 11 is 0. The first-order valence-corrected chi connectivity index (χ1v) is 10.5. The van der Waals surface area contributed by atoms with Gasteiger partial charge in [0.2, 0.25) is 0 Å². The van der Waals surface area contributed by atoms with Gasteiger partial charge in [0.25, 0.3) is 5.91 Å². The fraction of sp³-hybridized carbons (Fsp3) is 0.292. The van der Waals surface area contributed by atoms with Crippen molar-refractivity contribution in [2.75, 3.05) is 12.8 Å². The van der Waals surface area contributed by atoms with Gasteiger partial charge in [0, 0.05) is 12.1 Å². The van der Waals surface area contributed by atoms with E-state index in [4.69, 9.17) is 10.5 Å². The predicted octanol–water partition coefficient (Wildman–Crippen LogP) is 4.20. The summed E-state index contributed by atoms with van der Waals surface area (Å²) in [7, 11) is 1.50. The summed E-state index contributed by atoms with van der Waals surface area (Å²) in [6, 6.07) is 13.7. The molecule has 0 radical (unpaired) electrons. The van der Waals surface area contributed by atoms with Crippen molar-refractivity contribution in [2.45, 2.75) is 38.3 Å². The van der Waals surface area contributed by atoms with Gasteiger partial charge in [-0.2, -0.15) is 10.4 Å². The highest BCUT2D eigenvalue weighted by Crippen LogP contribution is 2.36. The zero-order valence-corrected chi connectivity index (χ0v) is 17.8. The third-order valence-corrected chi connectivity index (χ3v) is 5.82. The first kappa shape index (κ1) is 21.4. The molecule has 2 aromatic carbocycles. The monoisotopic (exact) mass is 433 g/mol. The number of hydrogen-bond donors (Lipinski definition) is 2. The van der Waals surface area contributed by atoms with E-state index in [1.165, 1.54) is 13.2 Å². The molecule has 8 heteroatoms. The van der Waals surface area contributed by atoms with Gasteiger partial charge in [0.05, 0.1) is 18.7 Å². The fourth-order valence-corrected chi connectivity index (χ4v) is 4.14. The largest absolute Gasteiger partial charge is 0.496 e. The minimum absolute atomic E-state index is 0.137. The van der Waals surface area contributed by atoms with E-state index in [0.29, 0.717) is 16.9 Å². The fourth-order valence-electron chi connectivity index (χ4n) is 4.14. The van der Waals surface area contributed by atoms with Crippen LogP contribution in [0, 0.1) is 17.1 Å². The molecule has 1 aliphatic rings. The molecule has 0 spiro atoms. The maximum absolute atomic E-state index is 15.0. The number of rotatable bonds is 6. The number of amides is 1. The Hall–Kier alpha value is -3.86. The Bertz CT molecular complexity index is 1190. The minimum atomic E-state index is -0.526. The second kappa shape index (κ2) is 9.10. The van der Waals surface area contributed by atoms with Crippen molar-refractivity contribution in [3.8, 4) is 23.1 Å². The summed E-state index contributed by atoms with van der Waals surface area (Å²) in [4.78, 5) is 12.5. The number of carbonyl (C=O) groups is 1. The van der Waals surface area contributed by atoms with E-state index in [2.05, 4.69) is 16.5 Å². The highest BCUT2D eigenvalue weighted by atomic mass is 19.1. The van der Waals surface area contributed by atoms with Gasteiger partial charge in [-0.1, -0.05) is 31.0 Å². The van der Waals surface area contributed by atoms with Gasteiger partial charge in [-0.15, -0.1) is 0 Å². The molecule has 1 amide bonds. The summed E-state index contributed by atoms with van der Waals surface area (Å²) in [5.74, 6) is -0.101. The summed E-state index contributed by atoms with van der Waals surface area (Å²) < 4.78 is 21.9. The number of nitrogens with zero attached hydrogens (tertiary/aromatic N) is 3. The molecule has 1 fully saturated rings. The van der Waals surface area contributed by atoms with E-state index < -0.39 is 5.82 Å². The van der Waals surface area contributed by atoms with E-state index >= 15 is 4.39 Å². The van der Waals surface area contributed by atoms with Crippen molar-refractivity contribution < 1.29 is 13.9 Å². The standard InChI is InChI=1S/C24H24FN5O2/c1-32-21-9-5-4-8-18(21)24(31)28-14-15-10-11-17(20(25)12-15)22-19(13-26)23(27)30(29-22)16-6-2-3-7-16/h4-5,8-12,16H,2-3,6-7,14,27H2,1H3,(H,28,31). The Balaban J connectivity index is 1.55. The van der Waals surface area contributed by atoms with Crippen LogP contribution in [0.15, 0.2) is 42.5 Å². The molecule has 1 aromatic heterocycles. The van der Waals surface area contributed by atoms with Crippen LogP contribution in [-0.2, 0) is 6.54 Å². The van der Waals surface area contributed by atoms with E-state index in [1.54, 1.807) is 41.1 Å². The lowest BCUT2D eigenvalue weighted by Gasteiger charge is -2.11. The van der Waals surface area contributed by atoms with Gasteiger partial charge < -0.3 is 15.8 Å². The van der Waals surface area contributed by atoms with Crippen molar-refractivity contribution in [3.63, 3.8) is 0 Å². The number of anilines is 1. The molecule has 0 bridgehead atoms. The van der Waals surface area contributed by atoms with Crippen LogP contribution in [0.4, 0.5) is 10.2 Å². The SMILES string of the molecule is COc1ccccc1C(=O)NCc1ccc(-c2nn(C3CCCC3)c(N)c2C#N)c(F)c1. The molecule has 1 aliphatic carbocycles. The normalized spacial score (nSPS) is 13.7. The maximum Gasteiger partial charge on any atom is 0.255 e. The molecule has 0 unspecified atom stereocenters. The molecule has 7 nitrogen and oxygen atoms in total. The molecule has 0 aliphatic heterocycles. The number of methoxy groups -OCH3 is 1. The van der Waals surface area contributed by atoms with Crippen LogP contribution in [0.3, 0.4) is 0 Å². The second-order valence-electron chi connectivity index (χ2n) is 7.80. The molecule has 1 saturated carbocycles. The zero-order valence-electron chi connectivity index (χ0n) is 17.8. The number of nitrogens with one attached hydrogen (secondary N) is 1. The number of nitriles is 1. The Morgan fingerprint density at radius 3 is 2.75 bits per heavy atom. The van der Waals surface area contributed by atoms with Crippen LogP contribution in [0.1, 0.15) is 53.2 Å². The van der Waals surface area contributed by atoms with Gasteiger partial charge in [-0.25, -0.2) is 9.07 Å². The number of carbonyl (C=O) groups excluding carboxylic acids is 1. The number of nitrogen functional groups attached to an aromatic ring is 1. The summed E-state index contributed by atoms with van der Waals surface area (Å²) in [6.07, 6.45) is 4.07. The van der Waals surface area contributed by atoms with Gasteiger partial charge in [0.15, 0.2) is 0 Å². The second-order valence-corrected chi connectivity index (χ2v) is 7.80. The minimum Gasteiger partial charge on any atom is -0.496 e. The Morgan fingerprint density at radius 2 is 2.06 bits per heavy atom. The van der Waals surface area contributed by atoms with E-state index in [0.717, 1.165) is 25.7 Å². The molecule has 3 aromatic rings. The van der Waals surface area contributed by atoms with Crippen LogP contribution in [0.5, 0.6) is 5.75 Å². The smallest absolute Gasteiger partial charge is 0.255 e. The first-order valence-electron chi connectivity index (χ1n) is 10.5. The number of aromatic nitrogens is 2. The predicted molar refractivity (Wildman–Crippen MR) is 118 cm³/mol.